The van der Waals surface area contributed by atoms with Crippen molar-refractivity contribution >= 4 is 5.69 Å². The average molecular weight is 223 g/mol. The fourth-order valence-corrected chi connectivity index (χ4v) is 1.30. The molecule has 1 rings (SSSR count). The highest BCUT2D eigenvalue weighted by Gasteiger charge is 2.22. The molecule has 0 unspecified atom stereocenters. The van der Waals surface area contributed by atoms with E-state index in [1.165, 1.54) is 0 Å². The molecule has 4 nitrogen and oxygen atoms in total. The summed E-state index contributed by atoms with van der Waals surface area (Å²) >= 11 is 0. The lowest BCUT2D eigenvalue weighted by molar-refractivity contribution is 0.0725. The zero-order valence-electron chi connectivity index (χ0n) is 10.5. The molecular weight excluding hydrogens is 202 g/mol. The highest BCUT2D eigenvalue weighted by molar-refractivity contribution is 5.42. The summed E-state index contributed by atoms with van der Waals surface area (Å²) in [5.74, 6) is 0. The monoisotopic (exact) mass is 223 g/mol. The van der Waals surface area contributed by atoms with Gasteiger partial charge in [0.15, 0.2) is 0 Å². The summed E-state index contributed by atoms with van der Waals surface area (Å²) in [7, 11) is 3.88. The molecule has 1 aromatic heterocycles. The van der Waals surface area contributed by atoms with Crippen molar-refractivity contribution in [2.24, 2.45) is 0 Å². The van der Waals surface area contributed by atoms with Crippen molar-refractivity contribution in [2.75, 3.05) is 26.0 Å². The first-order valence-corrected chi connectivity index (χ1v) is 5.44. The lowest BCUT2D eigenvalue weighted by atomic mass is 10.1. The fourth-order valence-electron chi connectivity index (χ4n) is 1.30. The molecule has 0 atom stereocenters. The molecule has 1 heterocycles. The van der Waals surface area contributed by atoms with Gasteiger partial charge in [-0.1, -0.05) is 0 Å². The Morgan fingerprint density at radius 3 is 2.75 bits per heavy atom. The Morgan fingerprint density at radius 2 is 2.19 bits per heavy atom. The third kappa shape index (κ3) is 3.18. The Morgan fingerprint density at radius 1 is 1.50 bits per heavy atom. The summed E-state index contributed by atoms with van der Waals surface area (Å²) in [6.07, 6.45) is 1.79. The number of hydrogen-bond acceptors (Lipinski definition) is 4. The van der Waals surface area contributed by atoms with E-state index in [2.05, 4.69) is 15.2 Å². The Hall–Kier alpha value is -1.13. The van der Waals surface area contributed by atoms with Gasteiger partial charge < -0.3 is 10.4 Å². The largest absolute Gasteiger partial charge is 0.394 e. The molecule has 0 aliphatic heterocycles. The van der Waals surface area contributed by atoms with Crippen LogP contribution in [-0.4, -0.2) is 41.2 Å². The first-order chi connectivity index (χ1) is 7.49. The third-order valence-electron chi connectivity index (χ3n) is 2.92. The fraction of sp³-hybridized carbons (Fsp3) is 0.583. The van der Waals surface area contributed by atoms with Crippen LogP contribution in [0.4, 0.5) is 5.69 Å². The molecular formula is C12H21N3O. The molecule has 16 heavy (non-hydrogen) atoms. The van der Waals surface area contributed by atoms with Crippen molar-refractivity contribution < 1.29 is 5.11 Å². The van der Waals surface area contributed by atoms with E-state index in [-0.39, 0.29) is 12.1 Å². The molecule has 0 saturated heterocycles. The number of aliphatic hydroxyl groups is 1. The summed E-state index contributed by atoms with van der Waals surface area (Å²) < 4.78 is 0. The molecule has 0 aromatic carbocycles. The molecule has 0 spiro atoms. The number of nitrogens with zero attached hydrogens (tertiary/aromatic N) is 2. The Bertz CT molecular complexity index is 339. The molecule has 0 amide bonds. The summed E-state index contributed by atoms with van der Waals surface area (Å²) in [6, 6.07) is 3.95. The maximum absolute atomic E-state index is 9.27. The standard InChI is InChI=1S/C12H21N3O/c1-12(2,9-16)15(4)8-11-7-10(13-3)5-6-14-11/h5-7,16H,8-9H2,1-4H3,(H,13,14). The molecule has 4 heteroatoms. The number of aliphatic hydroxyl groups excluding tert-OH is 1. The number of hydrogen-bond donors (Lipinski definition) is 2. The van der Waals surface area contributed by atoms with Gasteiger partial charge in [0.2, 0.25) is 0 Å². The predicted octanol–water partition coefficient (Wildman–Crippen LogP) is 1.33. The van der Waals surface area contributed by atoms with Crippen molar-refractivity contribution in [1.82, 2.24) is 9.88 Å². The molecule has 0 saturated carbocycles. The minimum absolute atomic E-state index is 0.134. The van der Waals surface area contributed by atoms with Crippen LogP contribution in [0.1, 0.15) is 19.5 Å². The van der Waals surface area contributed by atoms with Gasteiger partial charge in [-0.05, 0) is 33.0 Å². The highest BCUT2D eigenvalue weighted by atomic mass is 16.3. The van der Waals surface area contributed by atoms with E-state index in [4.69, 9.17) is 0 Å². The first-order valence-electron chi connectivity index (χ1n) is 5.44. The van der Waals surface area contributed by atoms with Crippen LogP contribution in [0, 0.1) is 0 Å². The van der Waals surface area contributed by atoms with Crippen LogP contribution in [0.2, 0.25) is 0 Å². The van der Waals surface area contributed by atoms with Crippen LogP contribution in [0.25, 0.3) is 0 Å². The molecule has 0 aliphatic rings. The lowest BCUT2D eigenvalue weighted by Gasteiger charge is -2.33. The average Bonchev–Trinajstić information content (AvgIpc) is 2.29. The zero-order valence-corrected chi connectivity index (χ0v) is 10.5. The van der Waals surface area contributed by atoms with E-state index in [1.54, 1.807) is 6.20 Å². The highest BCUT2D eigenvalue weighted by Crippen LogP contribution is 2.15. The van der Waals surface area contributed by atoms with Gasteiger partial charge in [-0.2, -0.15) is 0 Å². The van der Waals surface area contributed by atoms with Gasteiger partial charge in [0.05, 0.1) is 12.3 Å². The second-order valence-corrected chi connectivity index (χ2v) is 4.61. The number of likely N-dealkylation sites (N-methyl/N-ethyl adjacent to an activating group) is 1. The maximum Gasteiger partial charge on any atom is 0.0610 e. The van der Waals surface area contributed by atoms with Crippen LogP contribution in [0.15, 0.2) is 18.3 Å². The molecule has 1 aromatic rings. The number of pyridine rings is 1. The maximum atomic E-state index is 9.27. The van der Waals surface area contributed by atoms with Crippen molar-refractivity contribution in [3.8, 4) is 0 Å². The van der Waals surface area contributed by atoms with Crippen molar-refractivity contribution in [3.63, 3.8) is 0 Å². The van der Waals surface area contributed by atoms with Gasteiger partial charge in [0.1, 0.15) is 0 Å². The minimum atomic E-state index is -0.225. The topological polar surface area (TPSA) is 48.4 Å². The summed E-state index contributed by atoms with van der Waals surface area (Å²) in [6.45, 7) is 4.88. The molecule has 0 bridgehead atoms. The summed E-state index contributed by atoms with van der Waals surface area (Å²) in [5, 5.41) is 12.4. The molecule has 2 N–H and O–H groups in total. The van der Waals surface area contributed by atoms with Crippen molar-refractivity contribution in [2.45, 2.75) is 25.9 Å². The van der Waals surface area contributed by atoms with E-state index in [1.807, 2.05) is 40.1 Å². The predicted molar refractivity (Wildman–Crippen MR) is 66.4 cm³/mol. The van der Waals surface area contributed by atoms with Crippen LogP contribution < -0.4 is 5.32 Å². The van der Waals surface area contributed by atoms with Gasteiger partial charge in [0.25, 0.3) is 0 Å². The normalized spacial score (nSPS) is 11.9. The van der Waals surface area contributed by atoms with Crippen LogP contribution >= 0.6 is 0 Å². The van der Waals surface area contributed by atoms with E-state index in [9.17, 15) is 5.11 Å². The van der Waals surface area contributed by atoms with E-state index in [0.29, 0.717) is 0 Å². The quantitative estimate of drug-likeness (QED) is 0.790. The summed E-state index contributed by atoms with van der Waals surface area (Å²) in [4.78, 5) is 6.40. The van der Waals surface area contributed by atoms with E-state index in [0.717, 1.165) is 17.9 Å². The van der Waals surface area contributed by atoms with Gasteiger partial charge in [0, 0.05) is 31.0 Å². The van der Waals surface area contributed by atoms with Gasteiger partial charge in [-0.3, -0.25) is 9.88 Å². The Kier molecular flexibility index (Phi) is 4.26. The van der Waals surface area contributed by atoms with E-state index >= 15 is 0 Å². The smallest absolute Gasteiger partial charge is 0.0610 e. The number of aromatic nitrogens is 1. The number of rotatable bonds is 5. The van der Waals surface area contributed by atoms with E-state index < -0.39 is 0 Å². The second kappa shape index (κ2) is 5.27. The second-order valence-electron chi connectivity index (χ2n) is 4.61. The van der Waals surface area contributed by atoms with Crippen molar-refractivity contribution in [3.05, 3.63) is 24.0 Å². The number of nitrogens with one attached hydrogen (secondary N) is 1. The Balaban J connectivity index is 2.72. The molecule has 0 radical (unpaired) electrons. The zero-order chi connectivity index (χ0) is 12.2. The molecule has 0 fully saturated rings. The van der Waals surface area contributed by atoms with Gasteiger partial charge in [-0.25, -0.2) is 0 Å². The number of anilines is 1. The summed E-state index contributed by atoms with van der Waals surface area (Å²) in [5.41, 5.74) is 1.83. The lowest BCUT2D eigenvalue weighted by Crippen LogP contribution is -2.43. The minimum Gasteiger partial charge on any atom is -0.394 e. The van der Waals surface area contributed by atoms with Crippen LogP contribution in [-0.2, 0) is 6.54 Å². The van der Waals surface area contributed by atoms with Gasteiger partial charge in [-0.15, -0.1) is 0 Å². The van der Waals surface area contributed by atoms with Crippen LogP contribution in [0.5, 0.6) is 0 Å². The van der Waals surface area contributed by atoms with Crippen LogP contribution in [0.3, 0.4) is 0 Å². The van der Waals surface area contributed by atoms with Gasteiger partial charge >= 0.3 is 0 Å². The van der Waals surface area contributed by atoms with Crippen molar-refractivity contribution in [1.29, 1.82) is 0 Å². The molecule has 0 aliphatic carbocycles. The Labute approximate surface area is 97.3 Å². The molecule has 90 valence electrons. The SMILES string of the molecule is CNc1ccnc(CN(C)C(C)(C)CO)c1. The third-order valence-corrected chi connectivity index (χ3v) is 2.92. The first kappa shape index (κ1) is 12.9.